The lowest BCUT2D eigenvalue weighted by Crippen LogP contribution is -2.39. The maximum absolute atomic E-state index is 10.9. The maximum atomic E-state index is 10.9. The van der Waals surface area contributed by atoms with Crippen LogP contribution in [0.3, 0.4) is 0 Å². The number of ether oxygens (including phenoxy) is 3. The number of carbonyl (C=O) groups excluding carboxylic acids is 2. The number of rotatable bonds is 17. The van der Waals surface area contributed by atoms with Crippen molar-refractivity contribution >= 4 is 12.3 Å². The molecule has 8 N–H and O–H groups in total. The zero-order chi connectivity index (χ0) is 32.7. The molecule has 14 heteroatoms. The summed E-state index contributed by atoms with van der Waals surface area (Å²) in [4.78, 5) is 23.9. The van der Waals surface area contributed by atoms with Gasteiger partial charge in [0.05, 0.1) is 45.1 Å². The molecule has 6 atom stereocenters. The van der Waals surface area contributed by atoms with Gasteiger partial charge in [0.25, 0.3) is 0 Å². The summed E-state index contributed by atoms with van der Waals surface area (Å²) in [6.07, 6.45) is -2.94. The Labute approximate surface area is 241 Å². The lowest BCUT2D eigenvalue weighted by molar-refractivity contribution is -0.211. The van der Waals surface area contributed by atoms with Gasteiger partial charge in [0.15, 0.2) is 6.29 Å². The molecule has 0 aromatic carbocycles. The van der Waals surface area contributed by atoms with Gasteiger partial charge in [0, 0.05) is 41.2 Å². The highest BCUT2D eigenvalue weighted by Crippen LogP contribution is 2.14. The number of hydrogen-bond acceptors (Lipinski definition) is 14. The van der Waals surface area contributed by atoms with E-state index in [9.17, 15) is 19.8 Å². The van der Waals surface area contributed by atoms with Crippen LogP contribution in [0.15, 0.2) is 0 Å². The molecule has 0 spiro atoms. The van der Waals surface area contributed by atoms with Crippen LogP contribution in [0.25, 0.3) is 0 Å². The molecule has 0 aromatic heterocycles. The zero-order valence-corrected chi connectivity index (χ0v) is 25.8. The van der Waals surface area contributed by atoms with E-state index >= 15 is 0 Å². The fraction of sp³-hybridized carbons (Fsp3) is 0.923. The molecule has 0 aromatic rings. The second kappa shape index (κ2) is 35.7. The SMILES string of the molecule is CCN(CC)CC.CO.CO.COC(=O)C(C)[C@H](O)C(CO)CO.COC(CO)[C@@H](O)O[C@H](CCO)C(C)C=O.[HH]. The summed E-state index contributed by atoms with van der Waals surface area (Å²) < 4.78 is 14.4. The molecule has 0 rings (SSSR count). The quantitative estimate of drug-likeness (QED) is 0.0543. The van der Waals surface area contributed by atoms with E-state index in [1.165, 1.54) is 40.8 Å². The van der Waals surface area contributed by atoms with E-state index < -0.39 is 48.3 Å². The molecule has 0 aliphatic rings. The topological polar surface area (TPSA) is 227 Å². The Morgan fingerprint density at radius 3 is 1.55 bits per heavy atom. The number of nitrogens with zero attached hydrogens (tertiary/aromatic N) is 1. The third-order valence-corrected chi connectivity index (χ3v) is 5.71. The van der Waals surface area contributed by atoms with E-state index in [-0.39, 0.29) is 34.3 Å². The number of aldehydes is 1. The molecule has 0 saturated carbocycles. The van der Waals surface area contributed by atoms with Gasteiger partial charge >= 0.3 is 5.97 Å². The largest absolute Gasteiger partial charge is 0.469 e. The summed E-state index contributed by atoms with van der Waals surface area (Å²) >= 11 is 0. The molecule has 0 amide bonds. The molecule has 14 nitrogen and oxygen atoms in total. The molecule has 0 aliphatic carbocycles. The molecule has 0 saturated heterocycles. The van der Waals surface area contributed by atoms with Gasteiger partial charge in [0.2, 0.25) is 0 Å². The average Bonchev–Trinajstić information content (AvgIpc) is 3.00. The number of aliphatic hydroxyl groups is 8. The van der Waals surface area contributed by atoms with Crippen LogP contribution in [0, 0.1) is 17.8 Å². The summed E-state index contributed by atoms with van der Waals surface area (Å²) in [6, 6.07) is 0. The van der Waals surface area contributed by atoms with E-state index in [0.717, 1.165) is 14.2 Å². The molecule has 0 fully saturated rings. The van der Waals surface area contributed by atoms with E-state index in [2.05, 4.69) is 30.4 Å². The van der Waals surface area contributed by atoms with Crippen molar-refractivity contribution in [2.75, 3.05) is 74.5 Å². The van der Waals surface area contributed by atoms with Gasteiger partial charge < -0.3 is 64.8 Å². The second-order valence-electron chi connectivity index (χ2n) is 8.08. The predicted octanol–water partition coefficient (Wildman–Crippen LogP) is -1.52. The second-order valence-corrected chi connectivity index (χ2v) is 8.08. The normalized spacial score (nSPS) is 14.7. The zero-order valence-electron chi connectivity index (χ0n) is 25.8. The molecule has 0 aliphatic heterocycles. The Morgan fingerprint density at radius 2 is 1.30 bits per heavy atom. The number of carbonyl (C=O) groups is 2. The molecule has 3 unspecified atom stereocenters. The standard InChI is InChI=1S/C10H20O6.C8H16O5.C6H15N.2CH4O.H2/c1-7(5-12)8(3-4-11)16-10(14)9(6-13)15-2;1-5(8(12)13-2)7(11)6(3-9)4-10;1-4-7(5-2)6-3;2*1-2;/h5,7-11,13-14H,3-4,6H2,1-2H3;5-7,9-11H,3-4H2,1-2H3;4-6H2,1-3H3;2*2H,1H3;1H/t7?,8-,9?,10+;5?,7-;;;;/m10..../s1. The highest BCUT2D eigenvalue weighted by molar-refractivity contribution is 5.72. The minimum atomic E-state index is -1.33. The number of aliphatic hydroxyl groups excluding tert-OH is 8. The van der Waals surface area contributed by atoms with Crippen molar-refractivity contribution in [2.45, 2.75) is 65.6 Å². The highest BCUT2D eigenvalue weighted by Gasteiger charge is 2.29. The molecule has 0 bridgehead atoms. The first kappa shape index (κ1) is 48.4. The summed E-state index contributed by atoms with van der Waals surface area (Å²) in [5, 5.41) is 68.1. The fourth-order valence-electron chi connectivity index (χ4n) is 2.90. The van der Waals surface area contributed by atoms with E-state index in [0.29, 0.717) is 6.29 Å². The van der Waals surface area contributed by atoms with Crippen molar-refractivity contribution in [1.29, 1.82) is 0 Å². The summed E-state index contributed by atoms with van der Waals surface area (Å²) in [5.41, 5.74) is 0. The molecule has 40 heavy (non-hydrogen) atoms. The third kappa shape index (κ3) is 24.5. The Morgan fingerprint density at radius 1 is 0.850 bits per heavy atom. The van der Waals surface area contributed by atoms with Gasteiger partial charge in [-0.15, -0.1) is 0 Å². The Bertz CT molecular complexity index is 506. The lowest BCUT2D eigenvalue weighted by Gasteiger charge is -2.26. The van der Waals surface area contributed by atoms with Crippen molar-refractivity contribution in [3.63, 3.8) is 0 Å². The Kier molecular flexibility index (Phi) is 43.3. The smallest absolute Gasteiger partial charge is 0.311 e. The van der Waals surface area contributed by atoms with Crippen molar-refractivity contribution in [2.24, 2.45) is 17.8 Å². The van der Waals surface area contributed by atoms with E-state index in [4.69, 9.17) is 40.1 Å². The molecule has 0 radical (unpaired) electrons. The molecule has 0 heterocycles. The van der Waals surface area contributed by atoms with Crippen LogP contribution in [-0.2, 0) is 23.8 Å². The first-order valence-electron chi connectivity index (χ1n) is 13.2. The summed E-state index contributed by atoms with van der Waals surface area (Å²) in [7, 11) is 4.55. The highest BCUT2D eigenvalue weighted by atomic mass is 16.6. The first-order chi connectivity index (χ1) is 19.0. The predicted molar refractivity (Wildman–Crippen MR) is 152 cm³/mol. The Balaban J connectivity index is -0.000000110. The average molecular weight is 596 g/mol. The van der Waals surface area contributed by atoms with Crippen LogP contribution in [-0.4, -0.2) is 157 Å². The fourth-order valence-corrected chi connectivity index (χ4v) is 2.90. The summed E-state index contributed by atoms with van der Waals surface area (Å²) in [6.45, 7) is 12.0. The van der Waals surface area contributed by atoms with Crippen LogP contribution in [0.2, 0.25) is 0 Å². The van der Waals surface area contributed by atoms with Crippen LogP contribution >= 0.6 is 0 Å². The van der Waals surface area contributed by atoms with Gasteiger partial charge in [-0.3, -0.25) is 4.79 Å². The van der Waals surface area contributed by atoms with Crippen molar-refractivity contribution in [3.8, 4) is 0 Å². The third-order valence-electron chi connectivity index (χ3n) is 5.71. The maximum Gasteiger partial charge on any atom is 0.311 e. The van der Waals surface area contributed by atoms with Gasteiger partial charge in [0.1, 0.15) is 12.4 Å². The summed E-state index contributed by atoms with van der Waals surface area (Å²) in [5.74, 6) is -2.44. The van der Waals surface area contributed by atoms with Crippen molar-refractivity contribution in [1.82, 2.24) is 4.90 Å². The van der Waals surface area contributed by atoms with Crippen molar-refractivity contribution in [3.05, 3.63) is 0 Å². The number of methoxy groups -OCH3 is 2. The van der Waals surface area contributed by atoms with Crippen LogP contribution < -0.4 is 0 Å². The molecule has 248 valence electrons. The van der Waals surface area contributed by atoms with E-state index in [1.807, 2.05) is 0 Å². The monoisotopic (exact) mass is 595 g/mol. The van der Waals surface area contributed by atoms with Gasteiger partial charge in [-0.05, 0) is 33.0 Å². The van der Waals surface area contributed by atoms with Gasteiger partial charge in [-0.1, -0.05) is 27.7 Å². The lowest BCUT2D eigenvalue weighted by atomic mass is 9.93. The first-order valence-corrected chi connectivity index (χ1v) is 13.2. The molecular weight excluding hydrogens is 534 g/mol. The van der Waals surface area contributed by atoms with Crippen LogP contribution in [0.5, 0.6) is 0 Å². The van der Waals surface area contributed by atoms with Crippen LogP contribution in [0.4, 0.5) is 0 Å². The number of esters is 1. The molecular formula is C26H61NO13. The van der Waals surface area contributed by atoms with E-state index in [1.54, 1.807) is 6.92 Å². The van der Waals surface area contributed by atoms with Crippen LogP contribution in [0.1, 0.15) is 42.5 Å². The van der Waals surface area contributed by atoms with Gasteiger partial charge in [-0.25, -0.2) is 0 Å². The Hall–Kier alpha value is -1.30. The van der Waals surface area contributed by atoms with Crippen molar-refractivity contribution < 1.29 is 66.1 Å². The van der Waals surface area contributed by atoms with Gasteiger partial charge in [-0.2, -0.15) is 0 Å². The minimum absolute atomic E-state index is 0. The minimum Gasteiger partial charge on any atom is -0.469 e. The number of hydrogen-bond donors (Lipinski definition) is 8.